The molecule has 0 unspecified atom stereocenters. The summed E-state index contributed by atoms with van der Waals surface area (Å²) in [4.78, 5) is 30.3. The Kier molecular flexibility index (Phi) is 5.07. The highest BCUT2D eigenvalue weighted by molar-refractivity contribution is 5.93. The number of carbonyl (C=O) groups excluding carboxylic acids is 2. The molecule has 3 aromatic rings. The Morgan fingerprint density at radius 2 is 2.21 bits per heavy atom. The smallest absolute Gasteiger partial charge is 0.274 e. The van der Waals surface area contributed by atoms with Crippen molar-refractivity contribution in [1.29, 1.82) is 0 Å². The van der Waals surface area contributed by atoms with E-state index in [1.807, 2.05) is 42.0 Å². The van der Waals surface area contributed by atoms with Crippen molar-refractivity contribution in [2.45, 2.75) is 25.7 Å². The number of nitrogens with zero attached hydrogens (tertiary/aromatic N) is 3. The van der Waals surface area contributed by atoms with Gasteiger partial charge in [0.15, 0.2) is 0 Å². The van der Waals surface area contributed by atoms with Crippen molar-refractivity contribution in [1.82, 2.24) is 14.9 Å². The van der Waals surface area contributed by atoms with Crippen LogP contribution < -0.4 is 10.4 Å². The molecular weight excluding hydrogens is 368 g/mol. The quantitative estimate of drug-likeness (QED) is 0.383. The van der Waals surface area contributed by atoms with Crippen LogP contribution in [-0.2, 0) is 17.6 Å². The van der Waals surface area contributed by atoms with E-state index >= 15 is 0 Å². The number of aldehydes is 1. The van der Waals surface area contributed by atoms with Gasteiger partial charge in [-0.15, -0.1) is 0 Å². The highest BCUT2D eigenvalue weighted by Gasteiger charge is 2.34. The number of benzene rings is 1. The van der Waals surface area contributed by atoms with Crippen molar-refractivity contribution >= 4 is 23.5 Å². The predicted molar refractivity (Wildman–Crippen MR) is 109 cm³/mol. The van der Waals surface area contributed by atoms with Crippen molar-refractivity contribution < 1.29 is 14.8 Å². The van der Waals surface area contributed by atoms with Gasteiger partial charge < -0.3 is 14.1 Å². The molecule has 2 aromatic heterocycles. The Bertz CT molecular complexity index is 1060. The Labute approximate surface area is 168 Å². The summed E-state index contributed by atoms with van der Waals surface area (Å²) >= 11 is 0. The van der Waals surface area contributed by atoms with Gasteiger partial charge in [-0.2, -0.15) is 0 Å². The summed E-state index contributed by atoms with van der Waals surface area (Å²) in [5.74, 6) is -0.537. The molecule has 0 saturated carbocycles. The molecule has 1 amide bonds. The fraction of sp³-hybridized carbons (Fsp3) is 0.318. The van der Waals surface area contributed by atoms with E-state index in [0.717, 1.165) is 54.6 Å². The number of aromatic nitrogens is 2. The number of hydroxylamine groups is 1. The fourth-order valence-electron chi connectivity index (χ4n) is 4.12. The standard InChI is InChI=1S/C22H24N4O3/c1-25(19-4-5-20-23-9-11-26(20)14-19)10-8-22(15-27)7-6-16-2-3-17(21(28)24-29)12-18(16)13-22/h2-5,9,11-12,14-15,29H,6-8,10,13H2,1H3,(H,24,28)/t22-/m0/s1. The molecular formula is C22H24N4O3. The number of aryl methyl sites for hydroxylation is 1. The zero-order chi connectivity index (χ0) is 20.4. The van der Waals surface area contributed by atoms with Crippen LogP contribution in [0.1, 0.15) is 34.3 Å². The van der Waals surface area contributed by atoms with Crippen LogP contribution in [-0.4, -0.2) is 40.4 Å². The molecule has 4 rings (SSSR count). The predicted octanol–water partition coefficient (Wildman–Crippen LogP) is 2.65. The number of hydrogen-bond donors (Lipinski definition) is 2. The van der Waals surface area contributed by atoms with Crippen LogP contribution in [0.15, 0.2) is 48.9 Å². The summed E-state index contributed by atoms with van der Waals surface area (Å²) in [5.41, 5.74) is 5.76. The normalized spacial score (nSPS) is 18.3. The van der Waals surface area contributed by atoms with Gasteiger partial charge in [0.2, 0.25) is 0 Å². The molecule has 1 aliphatic rings. The average molecular weight is 392 g/mol. The highest BCUT2D eigenvalue weighted by Crippen LogP contribution is 2.37. The number of rotatable bonds is 6. The highest BCUT2D eigenvalue weighted by atomic mass is 16.5. The van der Waals surface area contributed by atoms with Crippen LogP contribution in [0.5, 0.6) is 0 Å². The Morgan fingerprint density at radius 1 is 1.34 bits per heavy atom. The number of anilines is 1. The first-order valence-corrected chi connectivity index (χ1v) is 9.70. The second-order valence-corrected chi connectivity index (χ2v) is 7.83. The first kappa shape index (κ1) is 19.1. The minimum atomic E-state index is -0.537. The fourth-order valence-corrected chi connectivity index (χ4v) is 4.12. The molecule has 1 aromatic carbocycles. The summed E-state index contributed by atoms with van der Waals surface area (Å²) < 4.78 is 1.98. The Hall–Kier alpha value is -3.19. The molecule has 0 aliphatic heterocycles. The molecule has 0 spiro atoms. The van der Waals surface area contributed by atoms with Gasteiger partial charge in [-0.25, -0.2) is 10.5 Å². The third-order valence-corrected chi connectivity index (χ3v) is 6.01. The zero-order valence-corrected chi connectivity index (χ0v) is 16.3. The summed E-state index contributed by atoms with van der Waals surface area (Å²) in [5, 5.41) is 8.88. The molecule has 0 radical (unpaired) electrons. The number of carbonyl (C=O) groups is 2. The Balaban J connectivity index is 1.49. The minimum Gasteiger partial charge on any atom is -0.373 e. The molecule has 0 bridgehead atoms. The lowest BCUT2D eigenvalue weighted by atomic mass is 9.70. The maximum Gasteiger partial charge on any atom is 0.274 e. The number of nitrogens with one attached hydrogen (secondary N) is 1. The third kappa shape index (κ3) is 3.73. The number of pyridine rings is 1. The maximum absolute atomic E-state index is 12.1. The van der Waals surface area contributed by atoms with Gasteiger partial charge in [0, 0.05) is 43.2 Å². The molecule has 1 atom stereocenters. The summed E-state index contributed by atoms with van der Waals surface area (Å²) in [6, 6.07) is 9.42. The van der Waals surface area contributed by atoms with E-state index in [0.29, 0.717) is 12.0 Å². The first-order valence-electron chi connectivity index (χ1n) is 9.70. The van der Waals surface area contributed by atoms with Gasteiger partial charge in [0.1, 0.15) is 11.9 Å². The molecule has 0 saturated heterocycles. The summed E-state index contributed by atoms with van der Waals surface area (Å²) in [7, 11) is 2.02. The van der Waals surface area contributed by atoms with Crippen LogP contribution in [0, 0.1) is 5.41 Å². The van der Waals surface area contributed by atoms with Crippen molar-refractivity contribution in [3.63, 3.8) is 0 Å². The third-order valence-electron chi connectivity index (χ3n) is 6.01. The monoisotopic (exact) mass is 392 g/mol. The molecule has 2 heterocycles. The van der Waals surface area contributed by atoms with Crippen molar-refractivity contribution in [2.75, 3.05) is 18.5 Å². The van der Waals surface area contributed by atoms with E-state index in [1.54, 1.807) is 23.8 Å². The van der Waals surface area contributed by atoms with Crippen LogP contribution in [0.25, 0.3) is 5.65 Å². The molecule has 0 fully saturated rings. The molecule has 1 aliphatic carbocycles. The summed E-state index contributed by atoms with van der Waals surface area (Å²) in [6.07, 6.45) is 9.73. The number of amides is 1. The van der Waals surface area contributed by atoms with E-state index in [1.165, 1.54) is 0 Å². The van der Waals surface area contributed by atoms with Gasteiger partial charge in [-0.3, -0.25) is 10.0 Å². The van der Waals surface area contributed by atoms with Crippen LogP contribution in [0.4, 0.5) is 5.69 Å². The lowest BCUT2D eigenvalue weighted by Crippen LogP contribution is -2.35. The van der Waals surface area contributed by atoms with E-state index in [9.17, 15) is 9.59 Å². The first-order chi connectivity index (χ1) is 14.0. The van der Waals surface area contributed by atoms with Gasteiger partial charge in [0.25, 0.3) is 5.91 Å². The molecule has 2 N–H and O–H groups in total. The SMILES string of the molecule is CN(CC[C@@]1(C=O)CCc2ccc(C(=O)NO)cc2C1)c1ccc2nccn2c1. The Morgan fingerprint density at radius 3 is 3.00 bits per heavy atom. The second kappa shape index (κ2) is 7.67. The lowest BCUT2D eigenvalue weighted by molar-refractivity contribution is -0.117. The van der Waals surface area contributed by atoms with Gasteiger partial charge in [0.05, 0.1) is 5.69 Å². The second-order valence-electron chi connectivity index (χ2n) is 7.83. The van der Waals surface area contributed by atoms with Gasteiger partial charge in [-0.05, 0) is 61.1 Å². The molecule has 150 valence electrons. The van der Waals surface area contributed by atoms with Crippen LogP contribution in [0.2, 0.25) is 0 Å². The molecule has 7 heteroatoms. The number of imidazole rings is 1. The largest absolute Gasteiger partial charge is 0.373 e. The maximum atomic E-state index is 12.1. The number of fused-ring (bicyclic) bond motifs is 2. The van der Waals surface area contributed by atoms with E-state index in [-0.39, 0.29) is 0 Å². The lowest BCUT2D eigenvalue weighted by Gasteiger charge is -2.35. The van der Waals surface area contributed by atoms with E-state index < -0.39 is 11.3 Å². The topological polar surface area (TPSA) is 86.9 Å². The average Bonchev–Trinajstić information content (AvgIpc) is 3.24. The van der Waals surface area contributed by atoms with Gasteiger partial charge >= 0.3 is 0 Å². The molecule has 29 heavy (non-hydrogen) atoms. The van der Waals surface area contributed by atoms with Crippen LogP contribution >= 0.6 is 0 Å². The van der Waals surface area contributed by atoms with Crippen molar-refractivity contribution in [3.05, 3.63) is 65.6 Å². The van der Waals surface area contributed by atoms with Crippen molar-refractivity contribution in [2.24, 2.45) is 5.41 Å². The van der Waals surface area contributed by atoms with E-state index in [2.05, 4.69) is 9.88 Å². The zero-order valence-electron chi connectivity index (χ0n) is 16.3. The van der Waals surface area contributed by atoms with Crippen LogP contribution in [0.3, 0.4) is 0 Å². The minimum absolute atomic E-state index is 0.402. The van der Waals surface area contributed by atoms with Gasteiger partial charge in [-0.1, -0.05) is 6.07 Å². The van der Waals surface area contributed by atoms with Crippen molar-refractivity contribution in [3.8, 4) is 0 Å². The van der Waals surface area contributed by atoms with E-state index in [4.69, 9.17) is 5.21 Å². The molecule has 7 nitrogen and oxygen atoms in total. The summed E-state index contributed by atoms with van der Waals surface area (Å²) in [6.45, 7) is 0.741. The number of hydrogen-bond acceptors (Lipinski definition) is 5.